The van der Waals surface area contributed by atoms with Gasteiger partial charge in [-0.15, -0.1) is 0 Å². The number of H-pyrrole nitrogens is 1. The van der Waals surface area contributed by atoms with Gasteiger partial charge in [0, 0.05) is 45.7 Å². The van der Waals surface area contributed by atoms with E-state index in [2.05, 4.69) is 4.98 Å². The summed E-state index contributed by atoms with van der Waals surface area (Å²) in [5, 5.41) is 1.42. The number of rotatable bonds is 4. The van der Waals surface area contributed by atoms with Crippen molar-refractivity contribution >= 4 is 28.3 Å². The number of aromatic nitrogens is 1. The van der Waals surface area contributed by atoms with Crippen molar-refractivity contribution in [2.75, 3.05) is 7.11 Å². The summed E-state index contributed by atoms with van der Waals surface area (Å²) in [4.78, 5) is 15.6. The fraction of sp³-hybridized carbons (Fsp3) is 0.118. The maximum atomic E-state index is 13.2. The summed E-state index contributed by atoms with van der Waals surface area (Å²) >= 11 is 5.93. The van der Waals surface area contributed by atoms with Crippen LogP contribution < -0.4 is 4.74 Å². The quantitative estimate of drug-likeness (QED) is 0.725. The molecular formula is C17H13ClFNO2. The maximum absolute atomic E-state index is 13.2. The molecule has 0 aliphatic rings. The standard InChI is InChI=1S/C17H13ClFNO2/c1-22-17-8-12(19)4-2-10(17)6-16(21)14-9-20-15-7-11(18)3-5-13(14)15/h2-5,7-9,20H,6H2,1H3. The zero-order valence-corrected chi connectivity index (χ0v) is 12.6. The van der Waals surface area contributed by atoms with Gasteiger partial charge in [0.05, 0.1) is 7.11 Å². The molecule has 0 spiro atoms. The summed E-state index contributed by atoms with van der Waals surface area (Å²) in [7, 11) is 1.45. The van der Waals surface area contributed by atoms with Gasteiger partial charge in [-0.1, -0.05) is 23.7 Å². The fourth-order valence-corrected chi connectivity index (χ4v) is 2.63. The molecule has 2 aromatic carbocycles. The molecule has 0 saturated carbocycles. The lowest BCUT2D eigenvalue weighted by molar-refractivity contribution is 0.0993. The van der Waals surface area contributed by atoms with E-state index in [9.17, 15) is 9.18 Å². The molecule has 0 radical (unpaired) electrons. The Morgan fingerprint density at radius 1 is 1.27 bits per heavy atom. The van der Waals surface area contributed by atoms with Gasteiger partial charge in [0.2, 0.25) is 0 Å². The summed E-state index contributed by atoms with van der Waals surface area (Å²) in [6, 6.07) is 9.48. The van der Waals surface area contributed by atoms with Gasteiger partial charge in [-0.3, -0.25) is 4.79 Å². The molecule has 3 nitrogen and oxygen atoms in total. The van der Waals surface area contributed by atoms with Crippen LogP contribution in [0.2, 0.25) is 5.02 Å². The predicted octanol–water partition coefficient (Wildman–Crippen LogP) is 4.39. The zero-order chi connectivity index (χ0) is 15.7. The molecule has 0 saturated heterocycles. The third-order valence-electron chi connectivity index (χ3n) is 3.54. The van der Waals surface area contributed by atoms with Gasteiger partial charge in [0.25, 0.3) is 0 Å². The minimum atomic E-state index is -0.394. The van der Waals surface area contributed by atoms with E-state index >= 15 is 0 Å². The summed E-state index contributed by atoms with van der Waals surface area (Å²) in [5.74, 6) is -0.0931. The van der Waals surface area contributed by atoms with E-state index in [1.165, 1.54) is 19.2 Å². The van der Waals surface area contributed by atoms with E-state index in [1.54, 1.807) is 24.4 Å². The number of halogens is 2. The highest BCUT2D eigenvalue weighted by molar-refractivity contribution is 6.31. The molecule has 1 aromatic heterocycles. The first kappa shape index (κ1) is 14.6. The molecule has 0 aliphatic heterocycles. The molecule has 0 amide bonds. The number of carbonyl (C=O) groups excluding carboxylic acids is 1. The van der Waals surface area contributed by atoms with Crippen LogP contribution >= 0.6 is 11.6 Å². The Labute approximate surface area is 131 Å². The fourth-order valence-electron chi connectivity index (χ4n) is 2.46. The lowest BCUT2D eigenvalue weighted by atomic mass is 10.0. The van der Waals surface area contributed by atoms with E-state index < -0.39 is 5.82 Å². The number of Topliss-reactive ketones (excluding diaryl/α,β-unsaturated/α-hetero) is 1. The first-order valence-electron chi connectivity index (χ1n) is 6.70. The summed E-state index contributed by atoms with van der Waals surface area (Å²) in [5.41, 5.74) is 2.04. The van der Waals surface area contributed by atoms with Crippen LogP contribution in [0.1, 0.15) is 15.9 Å². The molecular weight excluding hydrogens is 305 g/mol. The number of nitrogens with one attached hydrogen (secondary N) is 1. The highest BCUT2D eigenvalue weighted by atomic mass is 35.5. The Kier molecular flexibility index (Phi) is 3.86. The summed E-state index contributed by atoms with van der Waals surface area (Å²) < 4.78 is 18.3. The highest BCUT2D eigenvalue weighted by Crippen LogP contribution is 2.25. The minimum Gasteiger partial charge on any atom is -0.496 e. The van der Waals surface area contributed by atoms with Crippen LogP contribution in [0.4, 0.5) is 4.39 Å². The van der Waals surface area contributed by atoms with Crippen molar-refractivity contribution in [1.82, 2.24) is 4.98 Å². The minimum absolute atomic E-state index is 0.0709. The van der Waals surface area contributed by atoms with Crippen molar-refractivity contribution in [1.29, 1.82) is 0 Å². The molecule has 0 bridgehead atoms. The molecule has 5 heteroatoms. The average molecular weight is 318 g/mol. The normalized spacial score (nSPS) is 10.9. The first-order valence-corrected chi connectivity index (χ1v) is 7.08. The molecule has 112 valence electrons. The highest BCUT2D eigenvalue weighted by Gasteiger charge is 2.15. The molecule has 0 aliphatic carbocycles. The van der Waals surface area contributed by atoms with Crippen LogP contribution in [0.15, 0.2) is 42.6 Å². The van der Waals surface area contributed by atoms with Gasteiger partial charge in [-0.25, -0.2) is 4.39 Å². The summed E-state index contributed by atoms with van der Waals surface area (Å²) in [6.07, 6.45) is 1.80. The van der Waals surface area contributed by atoms with Crippen LogP contribution in [0, 0.1) is 5.82 Å². The number of methoxy groups -OCH3 is 1. The van der Waals surface area contributed by atoms with Crippen molar-refractivity contribution < 1.29 is 13.9 Å². The van der Waals surface area contributed by atoms with Gasteiger partial charge >= 0.3 is 0 Å². The Morgan fingerprint density at radius 2 is 2.09 bits per heavy atom. The van der Waals surface area contributed by atoms with E-state index in [4.69, 9.17) is 16.3 Å². The summed E-state index contributed by atoms with van der Waals surface area (Å²) in [6.45, 7) is 0. The van der Waals surface area contributed by atoms with E-state index in [0.29, 0.717) is 21.9 Å². The Hall–Kier alpha value is -2.33. The predicted molar refractivity (Wildman–Crippen MR) is 84.3 cm³/mol. The van der Waals surface area contributed by atoms with Crippen LogP contribution in [-0.2, 0) is 6.42 Å². The van der Waals surface area contributed by atoms with Crippen LogP contribution in [0.25, 0.3) is 10.9 Å². The number of benzene rings is 2. The molecule has 1 heterocycles. The second kappa shape index (κ2) is 5.81. The SMILES string of the molecule is COc1cc(F)ccc1CC(=O)c1c[nH]c2cc(Cl)ccc12. The molecule has 3 aromatic rings. The number of hydrogen-bond acceptors (Lipinski definition) is 2. The van der Waals surface area contributed by atoms with Gasteiger partial charge in [0.1, 0.15) is 11.6 Å². The van der Waals surface area contributed by atoms with E-state index in [0.717, 1.165) is 10.9 Å². The maximum Gasteiger partial charge on any atom is 0.169 e. The average Bonchev–Trinajstić information content (AvgIpc) is 2.91. The Bertz CT molecular complexity index is 857. The van der Waals surface area contributed by atoms with Crippen LogP contribution in [0.3, 0.4) is 0 Å². The van der Waals surface area contributed by atoms with Crippen molar-refractivity contribution in [3.05, 3.63) is 64.6 Å². The third-order valence-corrected chi connectivity index (χ3v) is 3.78. The third kappa shape index (κ3) is 2.70. The molecule has 1 N–H and O–H groups in total. The van der Waals surface area contributed by atoms with Crippen molar-refractivity contribution in [3.8, 4) is 5.75 Å². The topological polar surface area (TPSA) is 42.1 Å². The molecule has 22 heavy (non-hydrogen) atoms. The number of ketones is 1. The lowest BCUT2D eigenvalue weighted by Gasteiger charge is -2.07. The number of carbonyl (C=O) groups is 1. The second-order valence-corrected chi connectivity index (χ2v) is 5.38. The van der Waals surface area contributed by atoms with Crippen molar-refractivity contribution in [2.24, 2.45) is 0 Å². The monoisotopic (exact) mass is 317 g/mol. The van der Waals surface area contributed by atoms with Crippen molar-refractivity contribution in [3.63, 3.8) is 0 Å². The van der Waals surface area contributed by atoms with Gasteiger partial charge in [-0.2, -0.15) is 0 Å². The number of aromatic amines is 1. The Balaban J connectivity index is 1.94. The first-order chi connectivity index (χ1) is 10.6. The van der Waals surface area contributed by atoms with Crippen LogP contribution in [-0.4, -0.2) is 17.9 Å². The number of ether oxygens (including phenoxy) is 1. The molecule has 0 unspecified atom stereocenters. The van der Waals surface area contributed by atoms with E-state index in [1.807, 2.05) is 6.07 Å². The van der Waals surface area contributed by atoms with Crippen molar-refractivity contribution in [2.45, 2.75) is 6.42 Å². The largest absolute Gasteiger partial charge is 0.496 e. The molecule has 0 atom stereocenters. The van der Waals surface area contributed by atoms with Crippen LogP contribution in [0.5, 0.6) is 5.75 Å². The second-order valence-electron chi connectivity index (χ2n) is 4.95. The smallest absolute Gasteiger partial charge is 0.169 e. The van der Waals surface area contributed by atoms with Gasteiger partial charge < -0.3 is 9.72 Å². The van der Waals surface area contributed by atoms with Gasteiger partial charge in [0.15, 0.2) is 5.78 Å². The number of fused-ring (bicyclic) bond motifs is 1. The number of hydrogen-bond donors (Lipinski definition) is 1. The lowest BCUT2D eigenvalue weighted by Crippen LogP contribution is -2.04. The Morgan fingerprint density at radius 3 is 2.86 bits per heavy atom. The molecule has 0 fully saturated rings. The zero-order valence-electron chi connectivity index (χ0n) is 11.8. The van der Waals surface area contributed by atoms with Gasteiger partial charge in [-0.05, 0) is 18.2 Å². The van der Waals surface area contributed by atoms with E-state index in [-0.39, 0.29) is 12.2 Å². The molecule has 3 rings (SSSR count).